The molecule has 2 atom stereocenters. The second-order valence-electron chi connectivity index (χ2n) is 9.23. The first-order valence-corrected chi connectivity index (χ1v) is 13.3. The van der Waals surface area contributed by atoms with Crippen molar-refractivity contribution in [1.29, 1.82) is 0 Å². The molecule has 5 rings (SSSR count). The number of halogens is 2. The normalized spacial score (nSPS) is 17.9. The van der Waals surface area contributed by atoms with Crippen molar-refractivity contribution >= 4 is 33.0 Å². The van der Waals surface area contributed by atoms with E-state index in [-0.39, 0.29) is 45.2 Å². The van der Waals surface area contributed by atoms with E-state index < -0.39 is 27.8 Å². The van der Waals surface area contributed by atoms with Crippen LogP contribution < -0.4 is 10.6 Å². The molecule has 0 saturated heterocycles. The molecule has 3 heterocycles. The molecule has 198 valence electrons. The number of aryl methyl sites for hydroxylation is 1. The zero-order chi connectivity index (χ0) is 27.0. The molecule has 10 nitrogen and oxygen atoms in total. The Morgan fingerprint density at radius 2 is 1.84 bits per heavy atom. The van der Waals surface area contributed by atoms with Crippen LogP contribution in [-0.2, 0) is 10.0 Å². The summed E-state index contributed by atoms with van der Waals surface area (Å²) in [5.74, 6) is -1.57. The quantitative estimate of drug-likeness (QED) is 0.328. The number of benzene rings is 1. The van der Waals surface area contributed by atoms with Crippen LogP contribution in [0.4, 0.5) is 19.4 Å². The van der Waals surface area contributed by atoms with Crippen LogP contribution in [0.2, 0.25) is 0 Å². The fourth-order valence-corrected chi connectivity index (χ4v) is 5.98. The summed E-state index contributed by atoms with van der Waals surface area (Å²) >= 11 is 0. The Bertz CT molecular complexity index is 1630. The van der Waals surface area contributed by atoms with Gasteiger partial charge in [-0.15, -0.1) is 0 Å². The molecule has 1 aliphatic rings. The predicted molar refractivity (Wildman–Crippen MR) is 135 cm³/mol. The van der Waals surface area contributed by atoms with Crippen molar-refractivity contribution in [1.82, 2.24) is 24.2 Å². The zero-order valence-electron chi connectivity index (χ0n) is 20.2. The van der Waals surface area contributed by atoms with E-state index in [1.807, 2.05) is 6.92 Å². The van der Waals surface area contributed by atoms with E-state index in [1.54, 1.807) is 12.1 Å². The standard InChI is InChI=1S/C25H24F2N6O4S/c1-14-5-7-18(8-6-14)38(36,37)33-13-20(19-9-15(26)11-29-24(19)33)22-28-12-21(27)23(32-22)30-16-3-2-4-17(10-16)31-25(34)35/h5-9,11-13,16-17,31H,2-4,10H2,1H3,(H,34,35)(H,28,30,32)/t16-,17+/m0/s1. The van der Waals surface area contributed by atoms with Gasteiger partial charge in [-0.25, -0.2) is 40.9 Å². The highest BCUT2D eigenvalue weighted by atomic mass is 32.2. The lowest BCUT2D eigenvalue weighted by Gasteiger charge is -2.30. The van der Waals surface area contributed by atoms with Gasteiger partial charge in [-0.3, -0.25) is 0 Å². The summed E-state index contributed by atoms with van der Waals surface area (Å²) in [5, 5.41) is 14.6. The van der Waals surface area contributed by atoms with E-state index >= 15 is 0 Å². The molecule has 3 N–H and O–H groups in total. The lowest BCUT2D eigenvalue weighted by Crippen LogP contribution is -2.41. The Balaban J connectivity index is 1.54. The topological polar surface area (TPSA) is 139 Å². The van der Waals surface area contributed by atoms with Gasteiger partial charge >= 0.3 is 6.09 Å². The van der Waals surface area contributed by atoms with E-state index in [0.29, 0.717) is 19.3 Å². The Kier molecular flexibility index (Phi) is 6.69. The maximum absolute atomic E-state index is 14.7. The lowest BCUT2D eigenvalue weighted by molar-refractivity contribution is 0.185. The molecule has 13 heteroatoms. The van der Waals surface area contributed by atoms with Crippen LogP contribution in [0.15, 0.2) is 53.8 Å². The minimum Gasteiger partial charge on any atom is -0.465 e. The van der Waals surface area contributed by atoms with Crippen molar-refractivity contribution in [3.8, 4) is 11.4 Å². The minimum atomic E-state index is -4.11. The molecule has 1 saturated carbocycles. The maximum atomic E-state index is 14.7. The first-order valence-electron chi connectivity index (χ1n) is 11.9. The number of amides is 1. The first kappa shape index (κ1) is 25.5. The van der Waals surface area contributed by atoms with Crippen LogP contribution in [0.5, 0.6) is 0 Å². The molecule has 1 aromatic carbocycles. The SMILES string of the molecule is Cc1ccc(S(=O)(=O)n2cc(-c3ncc(F)c(N[C@H]4CCC[C@@H](NC(=O)O)C4)n3)c3cc(F)cnc32)cc1. The number of pyridine rings is 1. The third-order valence-corrected chi connectivity index (χ3v) is 8.15. The molecular weight excluding hydrogens is 518 g/mol. The van der Waals surface area contributed by atoms with Crippen molar-refractivity contribution in [3.05, 3.63) is 66.1 Å². The molecule has 3 aromatic heterocycles. The fraction of sp³-hybridized carbons (Fsp3) is 0.280. The predicted octanol–water partition coefficient (Wildman–Crippen LogP) is 4.31. The highest BCUT2D eigenvalue weighted by Gasteiger charge is 2.27. The minimum absolute atomic E-state index is 0.0156. The van der Waals surface area contributed by atoms with Gasteiger partial charge in [0, 0.05) is 29.2 Å². The Morgan fingerprint density at radius 3 is 2.58 bits per heavy atom. The highest BCUT2D eigenvalue weighted by Crippen LogP contribution is 2.32. The summed E-state index contributed by atoms with van der Waals surface area (Å²) in [7, 11) is -4.11. The lowest BCUT2D eigenvalue weighted by atomic mass is 9.91. The van der Waals surface area contributed by atoms with Gasteiger partial charge in [-0.2, -0.15) is 0 Å². The van der Waals surface area contributed by atoms with Crippen molar-refractivity contribution < 1.29 is 27.1 Å². The molecule has 4 aromatic rings. The molecule has 38 heavy (non-hydrogen) atoms. The summed E-state index contributed by atoms with van der Waals surface area (Å²) in [6.07, 6.45) is 4.52. The number of hydrogen-bond acceptors (Lipinski definition) is 7. The van der Waals surface area contributed by atoms with Crippen LogP contribution in [0.3, 0.4) is 0 Å². The van der Waals surface area contributed by atoms with Crippen molar-refractivity contribution in [2.75, 3.05) is 5.32 Å². The van der Waals surface area contributed by atoms with Crippen molar-refractivity contribution in [2.24, 2.45) is 0 Å². The summed E-state index contributed by atoms with van der Waals surface area (Å²) < 4.78 is 56.7. The Labute approximate surface area is 216 Å². The van der Waals surface area contributed by atoms with Gasteiger partial charge in [0.05, 0.1) is 17.3 Å². The number of nitrogens with zero attached hydrogens (tertiary/aromatic N) is 4. The number of anilines is 1. The summed E-state index contributed by atoms with van der Waals surface area (Å²) in [4.78, 5) is 23.4. The third-order valence-electron chi connectivity index (χ3n) is 6.48. The van der Waals surface area contributed by atoms with Gasteiger partial charge < -0.3 is 15.7 Å². The van der Waals surface area contributed by atoms with Gasteiger partial charge in [-0.1, -0.05) is 17.7 Å². The van der Waals surface area contributed by atoms with E-state index in [2.05, 4.69) is 25.6 Å². The van der Waals surface area contributed by atoms with Gasteiger partial charge in [0.25, 0.3) is 10.0 Å². The molecule has 0 bridgehead atoms. The molecule has 0 aliphatic heterocycles. The highest BCUT2D eigenvalue weighted by molar-refractivity contribution is 7.90. The van der Waals surface area contributed by atoms with Gasteiger partial charge in [0.2, 0.25) is 0 Å². The number of carbonyl (C=O) groups is 1. The van der Waals surface area contributed by atoms with Crippen LogP contribution in [0.25, 0.3) is 22.4 Å². The van der Waals surface area contributed by atoms with Gasteiger partial charge in [-0.05, 0) is 50.8 Å². The Morgan fingerprint density at radius 1 is 1.11 bits per heavy atom. The van der Waals surface area contributed by atoms with Crippen LogP contribution in [-0.4, -0.2) is 50.6 Å². The molecule has 1 amide bonds. The monoisotopic (exact) mass is 542 g/mol. The Hall–Kier alpha value is -4.13. The van der Waals surface area contributed by atoms with Crippen LogP contribution in [0.1, 0.15) is 31.2 Å². The molecule has 1 fully saturated rings. The van der Waals surface area contributed by atoms with Crippen molar-refractivity contribution in [2.45, 2.75) is 49.6 Å². The van der Waals surface area contributed by atoms with Crippen LogP contribution >= 0.6 is 0 Å². The fourth-order valence-electron chi connectivity index (χ4n) is 4.66. The second-order valence-corrected chi connectivity index (χ2v) is 11.0. The molecule has 1 aliphatic carbocycles. The number of rotatable bonds is 6. The number of fused-ring (bicyclic) bond motifs is 1. The zero-order valence-corrected chi connectivity index (χ0v) is 21.0. The largest absolute Gasteiger partial charge is 0.465 e. The smallest absolute Gasteiger partial charge is 0.404 e. The number of aromatic nitrogens is 4. The van der Waals surface area contributed by atoms with E-state index in [9.17, 15) is 22.0 Å². The van der Waals surface area contributed by atoms with Gasteiger partial charge in [0.15, 0.2) is 23.1 Å². The average Bonchev–Trinajstić information content (AvgIpc) is 3.25. The van der Waals surface area contributed by atoms with E-state index in [0.717, 1.165) is 34.4 Å². The molecular formula is C25H24F2N6O4S. The maximum Gasteiger partial charge on any atom is 0.404 e. The van der Waals surface area contributed by atoms with Crippen LogP contribution in [0, 0.1) is 18.6 Å². The first-order chi connectivity index (χ1) is 18.1. The molecule has 0 unspecified atom stereocenters. The van der Waals surface area contributed by atoms with E-state index in [1.165, 1.54) is 18.3 Å². The average molecular weight is 543 g/mol. The number of carboxylic acid groups (broad SMARTS) is 1. The third kappa shape index (κ3) is 5.01. The van der Waals surface area contributed by atoms with E-state index in [4.69, 9.17) is 5.11 Å². The summed E-state index contributed by atoms with van der Waals surface area (Å²) in [6, 6.07) is 6.86. The summed E-state index contributed by atoms with van der Waals surface area (Å²) in [5.41, 5.74) is 1.00. The molecule has 0 radical (unpaired) electrons. The molecule has 0 spiro atoms. The number of nitrogens with one attached hydrogen (secondary N) is 2. The number of hydrogen-bond donors (Lipinski definition) is 3. The second kappa shape index (κ2) is 9.97. The van der Waals surface area contributed by atoms with Gasteiger partial charge in [0.1, 0.15) is 5.82 Å². The summed E-state index contributed by atoms with van der Waals surface area (Å²) in [6.45, 7) is 1.83. The van der Waals surface area contributed by atoms with Crippen molar-refractivity contribution in [3.63, 3.8) is 0 Å².